The Labute approximate surface area is 125 Å². The Morgan fingerprint density at radius 1 is 1.35 bits per heavy atom. The first-order chi connectivity index (χ1) is 9.20. The summed E-state index contributed by atoms with van der Waals surface area (Å²) in [5.41, 5.74) is 6.44. The van der Waals surface area contributed by atoms with Crippen molar-refractivity contribution in [3.8, 4) is 11.5 Å². The van der Waals surface area contributed by atoms with E-state index in [0.717, 1.165) is 23.5 Å². The molecule has 5 nitrogen and oxygen atoms in total. The van der Waals surface area contributed by atoms with Crippen LogP contribution in [0.1, 0.15) is 18.9 Å². The van der Waals surface area contributed by atoms with Crippen LogP contribution in [0, 0.1) is 5.92 Å². The van der Waals surface area contributed by atoms with Crippen LogP contribution < -0.4 is 20.5 Å². The molecule has 0 saturated carbocycles. The van der Waals surface area contributed by atoms with E-state index in [1.165, 1.54) is 0 Å². The Kier molecular flexibility index (Phi) is 6.61. The number of ether oxygens (including phenoxy) is 2. The average molecular weight is 301 g/mol. The third-order valence-corrected chi connectivity index (χ3v) is 3.08. The van der Waals surface area contributed by atoms with E-state index in [-0.39, 0.29) is 24.2 Å². The summed E-state index contributed by atoms with van der Waals surface area (Å²) in [6.07, 6.45) is 0.884. The van der Waals surface area contributed by atoms with Crippen molar-refractivity contribution in [2.24, 2.45) is 11.7 Å². The van der Waals surface area contributed by atoms with E-state index in [1.807, 2.05) is 25.1 Å². The molecule has 112 valence electrons. The van der Waals surface area contributed by atoms with Crippen LogP contribution >= 0.6 is 12.4 Å². The minimum atomic E-state index is -0.166. The fourth-order valence-corrected chi connectivity index (χ4v) is 1.79. The van der Waals surface area contributed by atoms with Gasteiger partial charge in [-0.3, -0.25) is 4.79 Å². The molecule has 1 aromatic rings. The van der Waals surface area contributed by atoms with Crippen molar-refractivity contribution in [3.05, 3.63) is 23.8 Å². The number of nitrogens with one attached hydrogen (secondary N) is 1. The number of benzene rings is 1. The van der Waals surface area contributed by atoms with Gasteiger partial charge in [0.15, 0.2) is 11.5 Å². The minimum Gasteiger partial charge on any atom is -0.490 e. The molecule has 0 fully saturated rings. The molecular weight excluding hydrogens is 280 g/mol. The van der Waals surface area contributed by atoms with Crippen LogP contribution in [0.4, 0.5) is 0 Å². The van der Waals surface area contributed by atoms with E-state index in [2.05, 4.69) is 5.32 Å². The maximum Gasteiger partial charge on any atom is 0.224 e. The number of hydrogen-bond acceptors (Lipinski definition) is 4. The smallest absolute Gasteiger partial charge is 0.224 e. The van der Waals surface area contributed by atoms with Crippen molar-refractivity contribution in [1.29, 1.82) is 0 Å². The van der Waals surface area contributed by atoms with Crippen LogP contribution in [0.15, 0.2) is 18.2 Å². The largest absolute Gasteiger partial charge is 0.490 e. The molecule has 0 aromatic heterocycles. The number of halogens is 1. The second-order valence-electron chi connectivity index (χ2n) is 4.69. The van der Waals surface area contributed by atoms with Crippen molar-refractivity contribution < 1.29 is 14.3 Å². The van der Waals surface area contributed by atoms with Gasteiger partial charge >= 0.3 is 0 Å². The summed E-state index contributed by atoms with van der Waals surface area (Å²) in [7, 11) is 0. The molecule has 1 unspecified atom stereocenters. The minimum absolute atomic E-state index is 0. The summed E-state index contributed by atoms with van der Waals surface area (Å²) in [4.78, 5) is 11.6. The van der Waals surface area contributed by atoms with Gasteiger partial charge in [-0.1, -0.05) is 13.0 Å². The Morgan fingerprint density at radius 2 is 2.05 bits per heavy atom. The first-order valence-corrected chi connectivity index (χ1v) is 6.57. The summed E-state index contributed by atoms with van der Waals surface area (Å²) >= 11 is 0. The number of nitrogens with two attached hydrogens (primary N) is 1. The van der Waals surface area contributed by atoms with Crippen LogP contribution in [-0.2, 0) is 11.3 Å². The number of rotatable bonds is 4. The third kappa shape index (κ3) is 4.28. The van der Waals surface area contributed by atoms with Gasteiger partial charge in [-0.05, 0) is 17.7 Å². The molecule has 1 atom stereocenters. The van der Waals surface area contributed by atoms with Gasteiger partial charge in [0.25, 0.3) is 0 Å². The molecule has 1 aliphatic rings. The number of fused-ring (bicyclic) bond motifs is 1. The lowest BCUT2D eigenvalue weighted by atomic mass is 10.1. The van der Waals surface area contributed by atoms with Gasteiger partial charge in [-0.15, -0.1) is 12.4 Å². The van der Waals surface area contributed by atoms with Crippen LogP contribution in [0.5, 0.6) is 11.5 Å². The van der Waals surface area contributed by atoms with Gasteiger partial charge < -0.3 is 20.5 Å². The van der Waals surface area contributed by atoms with E-state index < -0.39 is 0 Å². The van der Waals surface area contributed by atoms with Gasteiger partial charge in [0.1, 0.15) is 0 Å². The second-order valence-corrected chi connectivity index (χ2v) is 4.69. The van der Waals surface area contributed by atoms with E-state index in [1.54, 1.807) is 0 Å². The molecule has 20 heavy (non-hydrogen) atoms. The maximum atomic E-state index is 11.6. The topological polar surface area (TPSA) is 73.6 Å². The zero-order valence-electron chi connectivity index (χ0n) is 11.6. The monoisotopic (exact) mass is 300 g/mol. The van der Waals surface area contributed by atoms with Gasteiger partial charge in [0.2, 0.25) is 5.91 Å². The summed E-state index contributed by atoms with van der Waals surface area (Å²) < 4.78 is 11.2. The molecule has 3 N–H and O–H groups in total. The standard InChI is InChI=1S/C14H20N2O3.ClH/c1-10(8-15)14(17)16-9-11-3-4-12-13(7-11)19-6-2-5-18-12;/h3-4,7,10H,2,5-6,8-9,15H2,1H3,(H,16,17);1H. The number of carbonyl (C=O) groups is 1. The van der Waals surface area contributed by atoms with Crippen molar-refractivity contribution >= 4 is 18.3 Å². The number of amides is 1. The average Bonchev–Trinajstić information content (AvgIpc) is 2.68. The summed E-state index contributed by atoms with van der Waals surface area (Å²) in [6, 6.07) is 5.73. The SMILES string of the molecule is CC(CN)C(=O)NCc1ccc2c(c1)OCCCO2.Cl. The highest BCUT2D eigenvalue weighted by atomic mass is 35.5. The van der Waals surface area contributed by atoms with Crippen LogP contribution in [0.3, 0.4) is 0 Å². The normalized spacial score (nSPS) is 14.7. The summed E-state index contributed by atoms with van der Waals surface area (Å²) in [5.74, 6) is 1.31. The highest BCUT2D eigenvalue weighted by Gasteiger charge is 2.12. The lowest BCUT2D eigenvalue weighted by Crippen LogP contribution is -2.32. The predicted octanol–water partition coefficient (Wildman–Crippen LogP) is 1.48. The molecule has 1 aliphatic heterocycles. The van der Waals surface area contributed by atoms with E-state index >= 15 is 0 Å². The molecular formula is C14H21ClN2O3. The first kappa shape index (κ1) is 16.6. The second kappa shape index (κ2) is 7.97. The summed E-state index contributed by atoms with van der Waals surface area (Å²) in [5, 5.41) is 2.86. The third-order valence-electron chi connectivity index (χ3n) is 3.08. The highest BCUT2D eigenvalue weighted by molar-refractivity contribution is 5.85. The van der Waals surface area contributed by atoms with Gasteiger partial charge in [0, 0.05) is 25.4 Å². The van der Waals surface area contributed by atoms with E-state index in [0.29, 0.717) is 26.3 Å². The maximum absolute atomic E-state index is 11.6. The predicted molar refractivity (Wildman–Crippen MR) is 79.4 cm³/mol. The van der Waals surface area contributed by atoms with Gasteiger partial charge in [-0.2, -0.15) is 0 Å². The van der Waals surface area contributed by atoms with E-state index in [4.69, 9.17) is 15.2 Å². The lowest BCUT2D eigenvalue weighted by molar-refractivity contribution is -0.124. The molecule has 6 heteroatoms. The van der Waals surface area contributed by atoms with Crippen LogP contribution in [-0.4, -0.2) is 25.7 Å². The van der Waals surface area contributed by atoms with Gasteiger partial charge in [-0.25, -0.2) is 0 Å². The fraction of sp³-hybridized carbons (Fsp3) is 0.500. The fourth-order valence-electron chi connectivity index (χ4n) is 1.79. The Morgan fingerprint density at radius 3 is 2.75 bits per heavy atom. The zero-order chi connectivity index (χ0) is 13.7. The Balaban J connectivity index is 0.00000200. The number of hydrogen-bond donors (Lipinski definition) is 2. The van der Waals surface area contributed by atoms with Crippen molar-refractivity contribution in [2.45, 2.75) is 19.9 Å². The first-order valence-electron chi connectivity index (χ1n) is 6.57. The van der Waals surface area contributed by atoms with Crippen molar-refractivity contribution in [3.63, 3.8) is 0 Å². The van der Waals surface area contributed by atoms with Gasteiger partial charge in [0.05, 0.1) is 13.2 Å². The summed E-state index contributed by atoms with van der Waals surface area (Å²) in [6.45, 7) is 3.97. The molecule has 0 bridgehead atoms. The Bertz CT molecular complexity index is 454. The Hall–Kier alpha value is -1.46. The van der Waals surface area contributed by atoms with Crippen LogP contribution in [0.2, 0.25) is 0 Å². The molecule has 0 radical (unpaired) electrons. The zero-order valence-corrected chi connectivity index (χ0v) is 12.4. The molecule has 1 amide bonds. The molecule has 1 aromatic carbocycles. The van der Waals surface area contributed by atoms with E-state index in [9.17, 15) is 4.79 Å². The molecule has 0 aliphatic carbocycles. The molecule has 2 rings (SSSR count). The highest BCUT2D eigenvalue weighted by Crippen LogP contribution is 2.30. The number of carbonyl (C=O) groups excluding carboxylic acids is 1. The molecule has 1 heterocycles. The molecule has 0 spiro atoms. The van der Waals surface area contributed by atoms with Crippen LogP contribution in [0.25, 0.3) is 0 Å². The quantitative estimate of drug-likeness (QED) is 0.883. The van der Waals surface area contributed by atoms with Crippen molar-refractivity contribution in [1.82, 2.24) is 5.32 Å². The molecule has 0 saturated heterocycles. The lowest BCUT2D eigenvalue weighted by Gasteiger charge is -2.12. The van der Waals surface area contributed by atoms with Crippen molar-refractivity contribution in [2.75, 3.05) is 19.8 Å².